The monoisotopic (exact) mass is 481 g/mol. The Labute approximate surface area is 211 Å². The van der Waals surface area contributed by atoms with Gasteiger partial charge in [-0.05, 0) is 67.9 Å². The van der Waals surface area contributed by atoms with Gasteiger partial charge in [0.25, 0.3) is 0 Å². The number of hydrogen-bond donors (Lipinski definition) is 1. The van der Waals surface area contributed by atoms with Crippen molar-refractivity contribution in [2.45, 2.75) is 51.6 Å². The Bertz CT molecular complexity index is 1340. The van der Waals surface area contributed by atoms with E-state index in [2.05, 4.69) is 88.6 Å². The number of aryl methyl sites for hydroxylation is 2. The SMILES string of the molecule is Cc1ccc([C@@H]2c3cccn3-c3sc4c(c3CN2C(=O)NCCc2ccccc2)CCCC4)cc1. The van der Waals surface area contributed by atoms with Crippen LogP contribution in [0.2, 0.25) is 0 Å². The molecule has 4 nitrogen and oxygen atoms in total. The summed E-state index contributed by atoms with van der Waals surface area (Å²) in [5.74, 6) is 0. The molecule has 0 saturated carbocycles. The van der Waals surface area contributed by atoms with E-state index in [9.17, 15) is 4.79 Å². The number of nitrogens with zero attached hydrogens (tertiary/aromatic N) is 2. The van der Waals surface area contributed by atoms with Gasteiger partial charge in [-0.25, -0.2) is 4.79 Å². The highest BCUT2D eigenvalue weighted by Crippen LogP contribution is 2.44. The summed E-state index contributed by atoms with van der Waals surface area (Å²) in [5.41, 5.74) is 7.60. The van der Waals surface area contributed by atoms with E-state index in [-0.39, 0.29) is 12.1 Å². The zero-order valence-electron chi connectivity index (χ0n) is 20.2. The lowest BCUT2D eigenvalue weighted by atomic mass is 9.95. The number of thiophene rings is 1. The maximum absolute atomic E-state index is 13.8. The molecule has 6 rings (SSSR count). The molecule has 1 aliphatic carbocycles. The fourth-order valence-electron chi connectivity index (χ4n) is 5.55. The third-order valence-electron chi connectivity index (χ3n) is 7.37. The van der Waals surface area contributed by atoms with Crippen molar-refractivity contribution in [3.8, 4) is 5.00 Å². The van der Waals surface area contributed by atoms with Crippen molar-refractivity contribution in [2.75, 3.05) is 6.54 Å². The van der Waals surface area contributed by atoms with Crippen molar-refractivity contribution in [1.82, 2.24) is 14.8 Å². The Morgan fingerprint density at radius 2 is 1.77 bits per heavy atom. The predicted octanol–water partition coefficient (Wildman–Crippen LogP) is 6.58. The Hall–Kier alpha value is -3.31. The highest BCUT2D eigenvalue weighted by molar-refractivity contribution is 7.15. The van der Waals surface area contributed by atoms with Crippen LogP contribution >= 0.6 is 11.3 Å². The molecule has 178 valence electrons. The number of fused-ring (bicyclic) bond motifs is 5. The molecule has 0 radical (unpaired) electrons. The van der Waals surface area contributed by atoms with E-state index in [1.165, 1.54) is 45.0 Å². The van der Waals surface area contributed by atoms with Crippen LogP contribution in [0.15, 0.2) is 72.9 Å². The van der Waals surface area contributed by atoms with Crippen LogP contribution in [0.4, 0.5) is 4.79 Å². The quantitative estimate of drug-likeness (QED) is 0.351. The predicted molar refractivity (Wildman–Crippen MR) is 142 cm³/mol. The second kappa shape index (κ2) is 9.38. The van der Waals surface area contributed by atoms with Gasteiger partial charge in [0.2, 0.25) is 0 Å². The van der Waals surface area contributed by atoms with Gasteiger partial charge in [0, 0.05) is 23.2 Å². The molecule has 0 unspecified atom stereocenters. The van der Waals surface area contributed by atoms with E-state index < -0.39 is 0 Å². The number of hydrogen-bond acceptors (Lipinski definition) is 2. The van der Waals surface area contributed by atoms with Crippen molar-refractivity contribution >= 4 is 17.4 Å². The summed E-state index contributed by atoms with van der Waals surface area (Å²) in [4.78, 5) is 17.4. The third-order valence-corrected chi connectivity index (χ3v) is 8.70. The van der Waals surface area contributed by atoms with Gasteiger partial charge in [-0.3, -0.25) is 0 Å². The molecule has 2 aromatic heterocycles. The van der Waals surface area contributed by atoms with Crippen LogP contribution in [0.3, 0.4) is 0 Å². The molecule has 2 aromatic carbocycles. The first kappa shape index (κ1) is 22.2. The minimum atomic E-state index is -0.138. The minimum absolute atomic E-state index is 0.00265. The lowest BCUT2D eigenvalue weighted by Gasteiger charge is -2.31. The number of benzene rings is 2. The molecule has 1 N–H and O–H groups in total. The van der Waals surface area contributed by atoms with Gasteiger partial charge in [0.15, 0.2) is 0 Å². The highest BCUT2D eigenvalue weighted by atomic mass is 32.1. The van der Waals surface area contributed by atoms with Crippen molar-refractivity contribution < 1.29 is 4.79 Å². The van der Waals surface area contributed by atoms with Crippen LogP contribution in [0.25, 0.3) is 5.00 Å². The van der Waals surface area contributed by atoms with Crippen LogP contribution in [0.1, 0.15) is 57.3 Å². The van der Waals surface area contributed by atoms with Crippen molar-refractivity contribution in [1.29, 1.82) is 0 Å². The average molecular weight is 482 g/mol. The lowest BCUT2D eigenvalue weighted by molar-refractivity contribution is 0.180. The summed E-state index contributed by atoms with van der Waals surface area (Å²) >= 11 is 1.93. The molecule has 0 spiro atoms. The molecule has 3 heterocycles. The van der Waals surface area contributed by atoms with Crippen molar-refractivity contribution in [3.05, 3.63) is 111 Å². The van der Waals surface area contributed by atoms with E-state index in [1.54, 1.807) is 0 Å². The van der Waals surface area contributed by atoms with Crippen LogP contribution in [0.5, 0.6) is 0 Å². The smallest absolute Gasteiger partial charge is 0.318 e. The standard InChI is InChI=1S/C30H31N3OS/c1-21-13-15-23(16-14-21)28-26-11-7-19-32(26)29-25(24-10-5-6-12-27(24)35-29)20-33(28)30(34)31-18-17-22-8-3-2-4-9-22/h2-4,7-9,11,13-16,19,28H,5-6,10,12,17-18,20H2,1H3,(H,31,34)/t28-/m1/s1. The molecule has 0 fully saturated rings. The fraction of sp³-hybridized carbons (Fsp3) is 0.300. The molecule has 4 aromatic rings. The van der Waals surface area contributed by atoms with E-state index in [4.69, 9.17) is 0 Å². The number of carbonyl (C=O) groups excluding carboxylic acids is 1. The maximum Gasteiger partial charge on any atom is 0.318 e. The number of urea groups is 1. The summed E-state index contributed by atoms with van der Waals surface area (Å²) in [6, 6.07) is 23.2. The summed E-state index contributed by atoms with van der Waals surface area (Å²) < 4.78 is 2.35. The first-order chi connectivity index (χ1) is 17.2. The maximum atomic E-state index is 13.8. The highest BCUT2D eigenvalue weighted by Gasteiger charge is 2.35. The molecule has 0 bridgehead atoms. The Morgan fingerprint density at radius 3 is 2.60 bits per heavy atom. The zero-order valence-corrected chi connectivity index (χ0v) is 21.0. The summed E-state index contributed by atoms with van der Waals surface area (Å²) in [6.45, 7) is 3.37. The fourth-order valence-corrected chi connectivity index (χ4v) is 6.95. The summed E-state index contributed by atoms with van der Waals surface area (Å²) in [5, 5.41) is 4.55. The molecule has 1 aliphatic heterocycles. The van der Waals surface area contributed by atoms with Crippen LogP contribution in [0, 0.1) is 6.92 Å². The van der Waals surface area contributed by atoms with Crippen LogP contribution in [-0.2, 0) is 25.8 Å². The van der Waals surface area contributed by atoms with Crippen LogP contribution in [-0.4, -0.2) is 22.0 Å². The van der Waals surface area contributed by atoms with Gasteiger partial charge in [0.1, 0.15) is 5.00 Å². The average Bonchev–Trinajstić information content (AvgIpc) is 3.47. The molecule has 5 heteroatoms. The van der Waals surface area contributed by atoms with E-state index in [0.717, 1.165) is 30.5 Å². The first-order valence-corrected chi connectivity index (χ1v) is 13.5. The van der Waals surface area contributed by atoms with E-state index in [1.807, 2.05) is 17.4 Å². The minimum Gasteiger partial charge on any atom is -0.338 e. The Kier molecular flexibility index (Phi) is 5.95. The normalized spacial score (nSPS) is 16.7. The largest absolute Gasteiger partial charge is 0.338 e. The number of amides is 2. The second-order valence-electron chi connectivity index (χ2n) is 9.71. The lowest BCUT2D eigenvalue weighted by Crippen LogP contribution is -2.42. The molecule has 0 saturated heterocycles. The molecule has 35 heavy (non-hydrogen) atoms. The molecule has 1 atom stereocenters. The van der Waals surface area contributed by atoms with E-state index >= 15 is 0 Å². The van der Waals surface area contributed by atoms with Gasteiger partial charge in [-0.2, -0.15) is 0 Å². The first-order valence-electron chi connectivity index (χ1n) is 12.6. The van der Waals surface area contributed by atoms with Crippen molar-refractivity contribution in [2.24, 2.45) is 0 Å². The Balaban J connectivity index is 1.39. The third kappa shape index (κ3) is 4.19. The number of aromatic nitrogens is 1. The molecular weight excluding hydrogens is 450 g/mol. The van der Waals surface area contributed by atoms with Gasteiger partial charge in [-0.15, -0.1) is 11.3 Å². The second-order valence-corrected chi connectivity index (χ2v) is 10.8. The number of nitrogens with one attached hydrogen (secondary N) is 1. The van der Waals surface area contributed by atoms with E-state index in [0.29, 0.717) is 13.1 Å². The number of rotatable bonds is 4. The molecular formula is C30H31N3OS. The van der Waals surface area contributed by atoms with Gasteiger partial charge in [0.05, 0.1) is 18.3 Å². The Morgan fingerprint density at radius 1 is 0.971 bits per heavy atom. The molecule has 2 amide bonds. The number of carbonyl (C=O) groups is 1. The van der Waals surface area contributed by atoms with Gasteiger partial charge in [-0.1, -0.05) is 60.2 Å². The topological polar surface area (TPSA) is 37.3 Å². The molecule has 2 aliphatic rings. The van der Waals surface area contributed by atoms with Crippen LogP contribution < -0.4 is 5.32 Å². The summed E-state index contributed by atoms with van der Waals surface area (Å²) in [6.07, 6.45) is 7.78. The van der Waals surface area contributed by atoms with Gasteiger partial charge >= 0.3 is 6.03 Å². The summed E-state index contributed by atoms with van der Waals surface area (Å²) in [7, 11) is 0. The van der Waals surface area contributed by atoms with Gasteiger partial charge < -0.3 is 14.8 Å². The van der Waals surface area contributed by atoms with Crippen molar-refractivity contribution in [3.63, 3.8) is 0 Å². The zero-order chi connectivity index (χ0) is 23.8.